The van der Waals surface area contributed by atoms with Crippen LogP contribution in [0.3, 0.4) is 0 Å². The van der Waals surface area contributed by atoms with Gasteiger partial charge < -0.3 is 9.47 Å². The topological polar surface area (TPSA) is 18.5 Å². The Bertz CT molecular complexity index is 617. The van der Waals surface area contributed by atoms with Gasteiger partial charge in [-0.05, 0) is 48.2 Å². The highest BCUT2D eigenvalue weighted by molar-refractivity contribution is 6.22. The zero-order chi connectivity index (χ0) is 14.1. The van der Waals surface area contributed by atoms with E-state index in [2.05, 4.69) is 32.0 Å². The van der Waals surface area contributed by atoms with Crippen molar-refractivity contribution in [3.8, 4) is 11.5 Å². The maximum absolute atomic E-state index is 6.69. The minimum atomic E-state index is -0.174. The summed E-state index contributed by atoms with van der Waals surface area (Å²) >= 11 is 6.69. The summed E-state index contributed by atoms with van der Waals surface area (Å²) in [5.74, 6) is 1.58. The van der Waals surface area contributed by atoms with Gasteiger partial charge in [-0.1, -0.05) is 24.3 Å². The Kier molecular flexibility index (Phi) is 3.58. The summed E-state index contributed by atoms with van der Waals surface area (Å²) in [6, 6.07) is 12.2. The smallest absolute Gasteiger partial charge is 0.161 e. The van der Waals surface area contributed by atoms with E-state index in [1.54, 1.807) is 0 Å². The average Bonchev–Trinajstić information content (AvgIpc) is 2.46. The van der Waals surface area contributed by atoms with E-state index in [4.69, 9.17) is 21.1 Å². The molecule has 0 N–H and O–H groups in total. The molecule has 2 nitrogen and oxygen atoms in total. The number of alkyl halides is 1. The van der Waals surface area contributed by atoms with Gasteiger partial charge in [-0.3, -0.25) is 0 Å². The summed E-state index contributed by atoms with van der Waals surface area (Å²) in [6.07, 6.45) is 0. The summed E-state index contributed by atoms with van der Waals surface area (Å²) in [5.41, 5.74) is 4.62. The van der Waals surface area contributed by atoms with E-state index in [-0.39, 0.29) is 5.38 Å². The molecule has 2 aromatic rings. The first-order valence-corrected chi connectivity index (χ1v) is 7.20. The van der Waals surface area contributed by atoms with Gasteiger partial charge in [0.05, 0.1) is 5.38 Å². The number of aryl methyl sites for hydroxylation is 2. The van der Waals surface area contributed by atoms with Crippen molar-refractivity contribution in [1.29, 1.82) is 0 Å². The highest BCUT2D eigenvalue weighted by Gasteiger charge is 2.19. The van der Waals surface area contributed by atoms with Crippen molar-refractivity contribution >= 4 is 11.6 Å². The van der Waals surface area contributed by atoms with Crippen molar-refractivity contribution in [1.82, 2.24) is 0 Å². The molecule has 0 amide bonds. The highest BCUT2D eigenvalue weighted by Crippen LogP contribution is 2.38. The molecule has 1 atom stereocenters. The second kappa shape index (κ2) is 5.37. The van der Waals surface area contributed by atoms with Gasteiger partial charge in [0.15, 0.2) is 11.5 Å². The Hall–Kier alpha value is -1.67. The van der Waals surface area contributed by atoms with Crippen molar-refractivity contribution in [2.45, 2.75) is 19.2 Å². The summed E-state index contributed by atoms with van der Waals surface area (Å²) in [7, 11) is 0. The Morgan fingerprint density at radius 3 is 2.30 bits per heavy atom. The van der Waals surface area contributed by atoms with Crippen molar-refractivity contribution in [2.24, 2.45) is 0 Å². The van der Waals surface area contributed by atoms with E-state index in [0.29, 0.717) is 13.2 Å². The number of ether oxygens (including phenoxy) is 2. The number of fused-ring (bicyclic) bond motifs is 1. The fraction of sp³-hybridized carbons (Fsp3) is 0.294. The zero-order valence-electron chi connectivity index (χ0n) is 11.7. The van der Waals surface area contributed by atoms with Crippen LogP contribution in [-0.2, 0) is 0 Å². The molecule has 1 heterocycles. The van der Waals surface area contributed by atoms with Crippen LogP contribution in [0.5, 0.6) is 11.5 Å². The third kappa shape index (κ3) is 2.36. The van der Waals surface area contributed by atoms with Crippen LogP contribution in [0.25, 0.3) is 0 Å². The molecular formula is C17H17ClO2. The van der Waals surface area contributed by atoms with Crippen molar-refractivity contribution < 1.29 is 9.47 Å². The first kappa shape index (κ1) is 13.3. The van der Waals surface area contributed by atoms with Gasteiger partial charge in [0.1, 0.15) is 13.2 Å². The fourth-order valence-electron chi connectivity index (χ4n) is 2.61. The molecule has 0 radical (unpaired) electrons. The number of hydrogen-bond acceptors (Lipinski definition) is 2. The third-order valence-corrected chi connectivity index (χ3v) is 4.12. The Morgan fingerprint density at radius 2 is 1.60 bits per heavy atom. The molecule has 0 aromatic heterocycles. The zero-order valence-corrected chi connectivity index (χ0v) is 12.4. The molecule has 0 fully saturated rings. The summed E-state index contributed by atoms with van der Waals surface area (Å²) in [4.78, 5) is 0. The maximum atomic E-state index is 6.69. The second-order valence-electron chi connectivity index (χ2n) is 5.07. The molecule has 0 aliphatic carbocycles. The number of halogens is 1. The second-order valence-corrected chi connectivity index (χ2v) is 5.51. The number of hydrogen-bond donors (Lipinski definition) is 0. The van der Waals surface area contributed by atoms with Gasteiger partial charge in [0.2, 0.25) is 0 Å². The lowest BCUT2D eigenvalue weighted by molar-refractivity contribution is 0.171. The van der Waals surface area contributed by atoms with Crippen molar-refractivity contribution in [2.75, 3.05) is 13.2 Å². The van der Waals surface area contributed by atoms with Gasteiger partial charge >= 0.3 is 0 Å². The van der Waals surface area contributed by atoms with Crippen molar-refractivity contribution in [3.05, 3.63) is 58.7 Å². The summed E-state index contributed by atoms with van der Waals surface area (Å²) < 4.78 is 11.2. The van der Waals surface area contributed by atoms with Crippen LogP contribution in [0, 0.1) is 13.8 Å². The van der Waals surface area contributed by atoms with Crippen LogP contribution in [0.1, 0.15) is 27.6 Å². The molecule has 0 saturated heterocycles. The van der Waals surface area contributed by atoms with Crippen molar-refractivity contribution in [3.63, 3.8) is 0 Å². The lowest BCUT2D eigenvalue weighted by Crippen LogP contribution is -2.15. The monoisotopic (exact) mass is 288 g/mol. The Labute approximate surface area is 124 Å². The van der Waals surface area contributed by atoms with Gasteiger partial charge in [0.25, 0.3) is 0 Å². The lowest BCUT2D eigenvalue weighted by atomic mass is 9.95. The molecule has 0 bridgehead atoms. The molecular weight excluding hydrogens is 272 g/mol. The van der Waals surface area contributed by atoms with E-state index < -0.39 is 0 Å². The van der Waals surface area contributed by atoms with Crippen LogP contribution in [0.15, 0.2) is 36.4 Å². The maximum Gasteiger partial charge on any atom is 0.161 e. The molecule has 0 saturated carbocycles. The molecule has 104 valence electrons. The molecule has 1 unspecified atom stereocenters. The molecule has 3 rings (SSSR count). The fourth-order valence-corrected chi connectivity index (χ4v) is 3.09. The van der Waals surface area contributed by atoms with Crippen LogP contribution in [0.4, 0.5) is 0 Å². The van der Waals surface area contributed by atoms with E-state index >= 15 is 0 Å². The number of rotatable bonds is 2. The lowest BCUT2D eigenvalue weighted by Gasteiger charge is -2.21. The molecule has 20 heavy (non-hydrogen) atoms. The quantitative estimate of drug-likeness (QED) is 0.763. The SMILES string of the molecule is Cc1cccc(C)c1C(Cl)c1ccc2c(c1)OCCO2. The normalized spacial score (nSPS) is 14.9. The molecule has 1 aliphatic rings. The minimum Gasteiger partial charge on any atom is -0.486 e. The first-order valence-electron chi connectivity index (χ1n) is 6.76. The largest absolute Gasteiger partial charge is 0.486 e. The average molecular weight is 289 g/mol. The van der Waals surface area contributed by atoms with E-state index in [0.717, 1.165) is 17.1 Å². The predicted molar refractivity (Wildman–Crippen MR) is 81.0 cm³/mol. The van der Waals surface area contributed by atoms with Gasteiger partial charge in [-0.25, -0.2) is 0 Å². The van der Waals surface area contributed by atoms with Crippen LogP contribution >= 0.6 is 11.6 Å². The van der Waals surface area contributed by atoms with E-state index in [9.17, 15) is 0 Å². The third-order valence-electron chi connectivity index (χ3n) is 3.65. The van der Waals surface area contributed by atoms with E-state index in [1.807, 2.05) is 18.2 Å². The predicted octanol–water partition coefficient (Wildman–Crippen LogP) is 4.40. The molecule has 1 aliphatic heterocycles. The molecule has 3 heteroatoms. The molecule has 2 aromatic carbocycles. The Balaban J connectivity index is 2.00. The molecule has 0 spiro atoms. The van der Waals surface area contributed by atoms with Crippen LogP contribution < -0.4 is 9.47 Å². The highest BCUT2D eigenvalue weighted by atomic mass is 35.5. The first-order chi connectivity index (χ1) is 9.66. The standard InChI is InChI=1S/C17H17ClO2/c1-11-4-3-5-12(2)16(11)17(18)13-6-7-14-15(10-13)20-9-8-19-14/h3-7,10,17H,8-9H2,1-2H3. The van der Waals surface area contributed by atoms with Gasteiger partial charge in [-0.2, -0.15) is 0 Å². The minimum absolute atomic E-state index is 0.174. The van der Waals surface area contributed by atoms with Gasteiger partial charge in [0, 0.05) is 0 Å². The summed E-state index contributed by atoms with van der Waals surface area (Å²) in [5, 5.41) is -0.174. The number of benzene rings is 2. The Morgan fingerprint density at radius 1 is 0.950 bits per heavy atom. The van der Waals surface area contributed by atoms with Crippen LogP contribution in [0.2, 0.25) is 0 Å². The van der Waals surface area contributed by atoms with E-state index in [1.165, 1.54) is 16.7 Å². The summed E-state index contributed by atoms with van der Waals surface area (Å²) in [6.45, 7) is 5.38. The van der Waals surface area contributed by atoms with Gasteiger partial charge in [-0.15, -0.1) is 11.6 Å². The van der Waals surface area contributed by atoms with Crippen LogP contribution in [-0.4, -0.2) is 13.2 Å².